The average molecular weight is 586 g/mol. The first kappa shape index (κ1) is 31.0. The molecule has 0 saturated carbocycles. The molecule has 8 nitrogen and oxygen atoms in total. The molecule has 0 unspecified atom stereocenters. The Balaban J connectivity index is 2.02. The Morgan fingerprint density at radius 3 is 2.27 bits per heavy atom. The lowest BCUT2D eigenvalue weighted by molar-refractivity contribution is -0.139. The maximum Gasteiger partial charge on any atom is 0.264 e. The van der Waals surface area contributed by atoms with Gasteiger partial charge in [-0.3, -0.25) is 13.9 Å². The van der Waals surface area contributed by atoms with Crippen molar-refractivity contribution >= 4 is 39.1 Å². The Kier molecular flexibility index (Phi) is 11.0. The van der Waals surface area contributed by atoms with Crippen LogP contribution >= 0.6 is 11.6 Å². The number of anilines is 1. The van der Waals surface area contributed by atoms with Gasteiger partial charge in [0, 0.05) is 18.1 Å². The molecule has 3 rings (SSSR count). The van der Waals surface area contributed by atoms with Crippen LogP contribution in [0.5, 0.6) is 5.75 Å². The van der Waals surface area contributed by atoms with Gasteiger partial charge in [0.25, 0.3) is 10.0 Å². The van der Waals surface area contributed by atoms with Crippen molar-refractivity contribution in [3.63, 3.8) is 0 Å². The summed E-state index contributed by atoms with van der Waals surface area (Å²) in [6, 6.07) is 19.1. The predicted molar refractivity (Wildman–Crippen MR) is 158 cm³/mol. The molecule has 0 saturated heterocycles. The Hall–Kier alpha value is -3.56. The van der Waals surface area contributed by atoms with Gasteiger partial charge in [0.2, 0.25) is 11.8 Å². The standard InChI is InChI=1S/C30H36ClN3O5S/c1-5-18-32-30(36)23(4)33(20-24-8-7-9-25(31)19-24)29(35)21-34(26-12-14-27(15-13-26)39-6-2)40(37,38)28-16-10-22(3)11-17-28/h7-17,19,23H,5-6,18,20-21H2,1-4H3,(H,32,36)/t23-/m1/s1. The van der Waals surface area contributed by atoms with Crippen LogP contribution in [0.2, 0.25) is 5.02 Å². The second kappa shape index (κ2) is 14.2. The number of hydrogen-bond acceptors (Lipinski definition) is 5. The maximum atomic E-state index is 13.9. The van der Waals surface area contributed by atoms with Gasteiger partial charge in [-0.15, -0.1) is 0 Å². The van der Waals surface area contributed by atoms with E-state index in [1.54, 1.807) is 67.6 Å². The maximum absolute atomic E-state index is 13.9. The van der Waals surface area contributed by atoms with E-state index in [9.17, 15) is 18.0 Å². The van der Waals surface area contributed by atoms with E-state index in [4.69, 9.17) is 16.3 Å². The normalized spacial score (nSPS) is 11.9. The van der Waals surface area contributed by atoms with Crippen LogP contribution < -0.4 is 14.4 Å². The minimum atomic E-state index is -4.14. The van der Waals surface area contributed by atoms with Crippen LogP contribution in [0.15, 0.2) is 77.7 Å². The van der Waals surface area contributed by atoms with E-state index in [-0.39, 0.29) is 17.3 Å². The molecule has 0 aliphatic heterocycles. The first-order valence-electron chi connectivity index (χ1n) is 13.2. The zero-order chi connectivity index (χ0) is 29.3. The molecule has 3 aromatic rings. The van der Waals surface area contributed by atoms with Crippen molar-refractivity contribution in [2.24, 2.45) is 0 Å². The summed E-state index contributed by atoms with van der Waals surface area (Å²) in [6.45, 7) is 7.75. The topological polar surface area (TPSA) is 96.0 Å². The molecule has 0 aliphatic carbocycles. The van der Waals surface area contributed by atoms with Crippen LogP contribution in [0.4, 0.5) is 5.69 Å². The highest BCUT2D eigenvalue weighted by Gasteiger charge is 2.32. The fraction of sp³-hybridized carbons (Fsp3) is 0.333. The molecule has 1 N–H and O–H groups in total. The quantitative estimate of drug-likeness (QED) is 0.298. The second-order valence-corrected chi connectivity index (χ2v) is 11.7. The Morgan fingerprint density at radius 1 is 1.00 bits per heavy atom. The lowest BCUT2D eigenvalue weighted by atomic mass is 10.1. The first-order chi connectivity index (χ1) is 19.1. The van der Waals surface area contributed by atoms with E-state index in [1.165, 1.54) is 17.0 Å². The molecule has 0 bridgehead atoms. The highest BCUT2D eigenvalue weighted by molar-refractivity contribution is 7.92. The first-order valence-corrected chi connectivity index (χ1v) is 15.0. The van der Waals surface area contributed by atoms with Crippen molar-refractivity contribution in [1.29, 1.82) is 0 Å². The monoisotopic (exact) mass is 585 g/mol. The van der Waals surface area contributed by atoms with E-state index in [1.807, 2.05) is 20.8 Å². The van der Waals surface area contributed by atoms with Crippen LogP contribution in [-0.2, 0) is 26.2 Å². The lowest BCUT2D eigenvalue weighted by Crippen LogP contribution is -2.51. The zero-order valence-corrected chi connectivity index (χ0v) is 24.8. The van der Waals surface area contributed by atoms with Gasteiger partial charge in [0.15, 0.2) is 0 Å². The summed E-state index contributed by atoms with van der Waals surface area (Å²) in [7, 11) is -4.14. The number of nitrogens with zero attached hydrogens (tertiary/aromatic N) is 2. The number of sulfonamides is 1. The average Bonchev–Trinajstić information content (AvgIpc) is 2.93. The van der Waals surface area contributed by atoms with Crippen molar-refractivity contribution in [3.8, 4) is 5.75 Å². The molecule has 0 heterocycles. The second-order valence-electron chi connectivity index (χ2n) is 9.37. The molecule has 0 spiro atoms. The molecule has 0 fully saturated rings. The van der Waals surface area contributed by atoms with E-state index in [0.29, 0.717) is 35.2 Å². The predicted octanol–water partition coefficient (Wildman–Crippen LogP) is 5.19. The largest absolute Gasteiger partial charge is 0.494 e. The molecule has 214 valence electrons. The highest BCUT2D eigenvalue weighted by Crippen LogP contribution is 2.27. The van der Waals surface area contributed by atoms with Crippen molar-refractivity contribution in [3.05, 3.63) is 88.9 Å². The molecule has 2 amide bonds. The molecular formula is C30H36ClN3O5S. The Bertz CT molecular complexity index is 1400. The van der Waals surface area contributed by atoms with E-state index in [0.717, 1.165) is 16.3 Å². The molecule has 0 radical (unpaired) electrons. The van der Waals surface area contributed by atoms with Gasteiger partial charge in [-0.05, 0) is 81.3 Å². The summed E-state index contributed by atoms with van der Waals surface area (Å²) in [5, 5.41) is 3.32. The molecule has 3 aromatic carbocycles. The summed E-state index contributed by atoms with van der Waals surface area (Å²) in [4.78, 5) is 28.3. The van der Waals surface area contributed by atoms with Crippen molar-refractivity contribution < 1.29 is 22.7 Å². The lowest BCUT2D eigenvalue weighted by Gasteiger charge is -2.32. The third-order valence-electron chi connectivity index (χ3n) is 6.28. The van der Waals surface area contributed by atoms with Crippen LogP contribution in [0.25, 0.3) is 0 Å². The van der Waals surface area contributed by atoms with E-state index < -0.39 is 28.5 Å². The number of benzene rings is 3. The number of hydrogen-bond donors (Lipinski definition) is 1. The van der Waals surface area contributed by atoms with Crippen molar-refractivity contribution in [2.75, 3.05) is 24.0 Å². The Labute approximate surface area is 241 Å². The van der Waals surface area contributed by atoms with Crippen LogP contribution in [-0.4, -0.2) is 50.9 Å². The van der Waals surface area contributed by atoms with Gasteiger partial charge in [-0.1, -0.05) is 48.4 Å². The van der Waals surface area contributed by atoms with Crippen molar-refractivity contribution in [1.82, 2.24) is 10.2 Å². The van der Waals surface area contributed by atoms with Crippen LogP contribution in [0, 0.1) is 6.92 Å². The Morgan fingerprint density at radius 2 is 1.68 bits per heavy atom. The van der Waals surface area contributed by atoms with Gasteiger partial charge >= 0.3 is 0 Å². The number of rotatable bonds is 13. The minimum Gasteiger partial charge on any atom is -0.494 e. The third kappa shape index (κ3) is 7.99. The van der Waals surface area contributed by atoms with Crippen LogP contribution in [0.3, 0.4) is 0 Å². The number of ether oxygens (including phenoxy) is 1. The summed E-state index contributed by atoms with van der Waals surface area (Å²) >= 11 is 6.18. The smallest absolute Gasteiger partial charge is 0.264 e. The van der Waals surface area contributed by atoms with Crippen LogP contribution in [0.1, 0.15) is 38.3 Å². The number of amides is 2. The molecule has 1 atom stereocenters. The summed E-state index contributed by atoms with van der Waals surface area (Å²) in [6.07, 6.45) is 0.737. The summed E-state index contributed by atoms with van der Waals surface area (Å²) in [5.41, 5.74) is 1.91. The number of nitrogens with one attached hydrogen (secondary N) is 1. The third-order valence-corrected chi connectivity index (χ3v) is 8.31. The van der Waals surface area contributed by atoms with Gasteiger partial charge in [0.1, 0.15) is 18.3 Å². The SMILES string of the molecule is CCCNC(=O)[C@@H](C)N(Cc1cccc(Cl)c1)C(=O)CN(c1ccc(OCC)cc1)S(=O)(=O)c1ccc(C)cc1. The van der Waals surface area contributed by atoms with Crippen molar-refractivity contribution in [2.45, 2.75) is 51.6 Å². The number of aryl methyl sites for hydroxylation is 1. The van der Waals surface area contributed by atoms with E-state index in [2.05, 4.69) is 5.32 Å². The fourth-order valence-corrected chi connectivity index (χ4v) is 5.68. The van der Waals surface area contributed by atoms with E-state index >= 15 is 0 Å². The summed E-state index contributed by atoms with van der Waals surface area (Å²) < 4.78 is 34.4. The molecular weight excluding hydrogens is 550 g/mol. The number of halogens is 1. The summed E-state index contributed by atoms with van der Waals surface area (Å²) in [5.74, 6) is -0.288. The minimum absolute atomic E-state index is 0.0508. The zero-order valence-electron chi connectivity index (χ0n) is 23.3. The van der Waals surface area contributed by atoms with Gasteiger partial charge in [-0.2, -0.15) is 0 Å². The van der Waals surface area contributed by atoms with Gasteiger partial charge in [0.05, 0.1) is 17.2 Å². The van der Waals surface area contributed by atoms with Gasteiger partial charge in [-0.25, -0.2) is 8.42 Å². The molecule has 40 heavy (non-hydrogen) atoms. The fourth-order valence-electron chi connectivity index (χ4n) is 4.05. The molecule has 0 aliphatic rings. The highest BCUT2D eigenvalue weighted by atomic mass is 35.5. The number of carbonyl (C=O) groups excluding carboxylic acids is 2. The molecule has 0 aromatic heterocycles. The number of carbonyl (C=O) groups is 2. The van der Waals surface area contributed by atoms with Gasteiger partial charge < -0.3 is 15.0 Å². The molecule has 10 heteroatoms.